The average Bonchev–Trinajstić information content (AvgIpc) is 3.37. The van der Waals surface area contributed by atoms with Crippen molar-refractivity contribution in [1.82, 2.24) is 0 Å². The molecular weight excluding hydrogens is 340 g/mol. The Morgan fingerprint density at radius 2 is 1.50 bits per heavy atom. The number of benzene rings is 1. The van der Waals surface area contributed by atoms with E-state index in [9.17, 15) is 0 Å². The summed E-state index contributed by atoms with van der Waals surface area (Å²) >= 11 is 0. The van der Waals surface area contributed by atoms with Crippen LogP contribution in [0.1, 0.15) is 77.5 Å². The van der Waals surface area contributed by atoms with Crippen LogP contribution in [-0.2, 0) is 10.8 Å². The van der Waals surface area contributed by atoms with Gasteiger partial charge in [-0.2, -0.15) is 0 Å². The Hall–Kier alpha value is -2.02. The highest BCUT2D eigenvalue weighted by Crippen LogP contribution is 2.47. The highest BCUT2D eigenvalue weighted by atomic mass is 16.5. The van der Waals surface area contributed by atoms with Crippen LogP contribution in [0.3, 0.4) is 0 Å². The van der Waals surface area contributed by atoms with Gasteiger partial charge in [0.05, 0.1) is 7.11 Å². The van der Waals surface area contributed by atoms with Crippen molar-refractivity contribution in [2.24, 2.45) is 5.92 Å². The van der Waals surface area contributed by atoms with Crippen molar-refractivity contribution >= 4 is 5.57 Å². The lowest BCUT2D eigenvalue weighted by Crippen LogP contribution is -2.20. The maximum Gasteiger partial charge on any atom is 0.126 e. The molecule has 0 atom stereocenters. The first kappa shape index (κ1) is 19.3. The zero-order valence-electron chi connectivity index (χ0n) is 18.6. The Kier molecular flexibility index (Phi) is 4.49. The number of allylic oxidation sites excluding steroid dienone is 8. The lowest BCUT2D eigenvalue weighted by Gasteiger charge is -2.31. The molecule has 1 aromatic carbocycles. The molecule has 1 fully saturated rings. The molecule has 148 valence electrons. The van der Waals surface area contributed by atoms with Gasteiger partial charge in [-0.15, -0.1) is 0 Å². The summed E-state index contributed by atoms with van der Waals surface area (Å²) in [6.07, 6.45) is 13.2. The van der Waals surface area contributed by atoms with Crippen molar-refractivity contribution < 1.29 is 4.74 Å². The molecule has 0 amide bonds. The van der Waals surface area contributed by atoms with Crippen LogP contribution in [0.25, 0.3) is 5.57 Å². The fourth-order valence-corrected chi connectivity index (χ4v) is 4.42. The van der Waals surface area contributed by atoms with Crippen molar-refractivity contribution in [3.63, 3.8) is 0 Å². The molecule has 3 aliphatic rings. The van der Waals surface area contributed by atoms with E-state index >= 15 is 0 Å². The van der Waals surface area contributed by atoms with Gasteiger partial charge in [-0.1, -0.05) is 65.8 Å². The van der Waals surface area contributed by atoms with E-state index in [0.29, 0.717) is 0 Å². The van der Waals surface area contributed by atoms with Crippen molar-refractivity contribution in [1.29, 1.82) is 0 Å². The molecule has 1 saturated carbocycles. The minimum Gasteiger partial charge on any atom is -0.496 e. The highest BCUT2D eigenvalue weighted by Gasteiger charge is 2.31. The molecule has 28 heavy (non-hydrogen) atoms. The molecule has 0 saturated heterocycles. The fraction of sp³-hybridized carbons (Fsp3) is 0.481. The van der Waals surface area contributed by atoms with E-state index in [0.717, 1.165) is 18.1 Å². The Morgan fingerprint density at radius 3 is 2.00 bits per heavy atom. The van der Waals surface area contributed by atoms with Gasteiger partial charge in [0.15, 0.2) is 0 Å². The molecule has 1 nitrogen and oxygen atoms in total. The van der Waals surface area contributed by atoms with Gasteiger partial charge in [0.2, 0.25) is 0 Å². The second kappa shape index (κ2) is 6.51. The van der Waals surface area contributed by atoms with E-state index in [4.69, 9.17) is 4.74 Å². The summed E-state index contributed by atoms with van der Waals surface area (Å²) in [5, 5.41) is 0. The van der Waals surface area contributed by atoms with Crippen molar-refractivity contribution in [2.45, 2.75) is 71.6 Å². The number of rotatable bonds is 3. The van der Waals surface area contributed by atoms with E-state index in [1.54, 1.807) is 0 Å². The molecule has 0 radical (unpaired) electrons. The molecule has 3 aliphatic carbocycles. The van der Waals surface area contributed by atoms with Crippen LogP contribution in [0, 0.1) is 5.92 Å². The van der Waals surface area contributed by atoms with E-state index in [2.05, 4.69) is 78.0 Å². The minimum absolute atomic E-state index is 0.0282. The molecule has 0 aliphatic heterocycles. The molecule has 1 heteroatoms. The van der Waals surface area contributed by atoms with Crippen LogP contribution >= 0.6 is 0 Å². The maximum atomic E-state index is 5.96. The molecule has 4 rings (SSSR count). The van der Waals surface area contributed by atoms with E-state index in [-0.39, 0.29) is 10.8 Å². The van der Waals surface area contributed by atoms with Crippen molar-refractivity contribution in [2.75, 3.05) is 7.11 Å². The van der Waals surface area contributed by atoms with Crippen LogP contribution in [0.15, 0.2) is 53.2 Å². The summed E-state index contributed by atoms with van der Waals surface area (Å²) in [5.41, 5.74) is 9.85. The highest BCUT2D eigenvalue weighted by molar-refractivity contribution is 5.83. The minimum atomic E-state index is 0.0282. The van der Waals surface area contributed by atoms with Crippen LogP contribution < -0.4 is 4.74 Å². The standard InChI is InChI=1S/C27H34O/c1-26(2,3)23-15-20(16-24(25(23)28-7)27(4,5)6)21-10-8-9-18-13-19(14-22(18)21)17-11-12-17/h8-9,13-17H,10-12H2,1-7H3. The molecule has 0 spiro atoms. The van der Waals surface area contributed by atoms with Gasteiger partial charge >= 0.3 is 0 Å². The summed E-state index contributed by atoms with van der Waals surface area (Å²) < 4.78 is 5.96. The largest absolute Gasteiger partial charge is 0.496 e. The summed E-state index contributed by atoms with van der Waals surface area (Å²) in [6.45, 7) is 13.7. The third-order valence-corrected chi connectivity index (χ3v) is 6.19. The van der Waals surface area contributed by atoms with Gasteiger partial charge in [0, 0.05) is 11.1 Å². The van der Waals surface area contributed by atoms with Crippen LogP contribution in [0.5, 0.6) is 5.75 Å². The van der Waals surface area contributed by atoms with E-state index in [1.807, 2.05) is 7.11 Å². The van der Waals surface area contributed by atoms with E-state index < -0.39 is 0 Å². The Balaban J connectivity index is 1.93. The van der Waals surface area contributed by atoms with E-state index in [1.165, 1.54) is 51.8 Å². The molecule has 0 N–H and O–H groups in total. The average molecular weight is 375 g/mol. The Labute approximate surface area is 170 Å². The topological polar surface area (TPSA) is 9.23 Å². The molecule has 1 aromatic rings. The predicted octanol–water partition coefficient (Wildman–Crippen LogP) is 7.28. The second-order valence-corrected chi connectivity index (χ2v) is 10.6. The summed E-state index contributed by atoms with van der Waals surface area (Å²) in [5.74, 6) is 1.85. The van der Waals surface area contributed by atoms with Gasteiger partial charge in [0.1, 0.15) is 5.75 Å². The number of hydrogen-bond donors (Lipinski definition) is 0. The third kappa shape index (κ3) is 3.41. The Bertz CT molecular complexity index is 896. The van der Waals surface area contributed by atoms with Crippen molar-refractivity contribution in [3.8, 4) is 5.75 Å². The van der Waals surface area contributed by atoms with Gasteiger partial charge in [0.25, 0.3) is 0 Å². The monoisotopic (exact) mass is 374 g/mol. The van der Waals surface area contributed by atoms with Gasteiger partial charge in [-0.05, 0) is 76.0 Å². The number of hydrogen-bond acceptors (Lipinski definition) is 1. The number of methoxy groups -OCH3 is 1. The second-order valence-electron chi connectivity index (χ2n) is 10.6. The summed E-state index contributed by atoms with van der Waals surface area (Å²) in [4.78, 5) is 0. The fourth-order valence-electron chi connectivity index (χ4n) is 4.42. The lowest BCUT2D eigenvalue weighted by molar-refractivity contribution is 0.381. The smallest absolute Gasteiger partial charge is 0.126 e. The van der Waals surface area contributed by atoms with Crippen LogP contribution in [0.4, 0.5) is 0 Å². The summed E-state index contributed by atoms with van der Waals surface area (Å²) in [7, 11) is 1.81. The van der Waals surface area contributed by atoms with Crippen LogP contribution in [-0.4, -0.2) is 7.11 Å². The van der Waals surface area contributed by atoms with Gasteiger partial charge < -0.3 is 4.74 Å². The molecule has 0 unspecified atom stereocenters. The zero-order valence-corrected chi connectivity index (χ0v) is 18.6. The maximum absolute atomic E-state index is 5.96. The first-order valence-corrected chi connectivity index (χ1v) is 10.7. The summed E-state index contributed by atoms with van der Waals surface area (Å²) in [6, 6.07) is 4.77. The molecular formula is C27H34O. The van der Waals surface area contributed by atoms with Gasteiger partial charge in [-0.25, -0.2) is 0 Å². The molecule has 0 aromatic heterocycles. The SMILES string of the molecule is COc1c(C(C)(C)C)cc(C2=C3C=C(C4CC4)C=C3C=CC2)cc1C(C)(C)C. The lowest BCUT2D eigenvalue weighted by atomic mass is 9.76. The molecule has 0 heterocycles. The molecule has 0 bridgehead atoms. The van der Waals surface area contributed by atoms with Crippen molar-refractivity contribution in [3.05, 3.63) is 69.8 Å². The first-order chi connectivity index (χ1) is 13.1. The third-order valence-electron chi connectivity index (χ3n) is 6.19. The number of ether oxygens (including phenoxy) is 1. The Morgan fingerprint density at radius 1 is 0.893 bits per heavy atom. The normalized spacial score (nSPS) is 19.5. The number of fused-ring (bicyclic) bond motifs is 1. The quantitative estimate of drug-likeness (QED) is 0.540. The predicted molar refractivity (Wildman–Crippen MR) is 120 cm³/mol. The van der Waals surface area contributed by atoms with Crippen LogP contribution in [0.2, 0.25) is 0 Å². The van der Waals surface area contributed by atoms with Gasteiger partial charge in [-0.3, -0.25) is 0 Å². The first-order valence-electron chi connectivity index (χ1n) is 10.7. The zero-order chi connectivity index (χ0) is 20.3.